The summed E-state index contributed by atoms with van der Waals surface area (Å²) in [5.74, 6) is -1.24. The van der Waals surface area contributed by atoms with Gasteiger partial charge in [-0.05, 0) is 31.5 Å². The molecule has 0 saturated carbocycles. The molecule has 1 amide bonds. The summed E-state index contributed by atoms with van der Waals surface area (Å²) in [6, 6.07) is 5.47. The van der Waals surface area contributed by atoms with Gasteiger partial charge in [-0.25, -0.2) is 17.9 Å². The van der Waals surface area contributed by atoms with Crippen molar-refractivity contribution in [3.63, 3.8) is 0 Å². The zero-order chi connectivity index (χ0) is 18.9. The zero-order valence-corrected chi connectivity index (χ0v) is 15.4. The zero-order valence-electron chi connectivity index (χ0n) is 14.6. The molecule has 0 heterocycles. The first-order chi connectivity index (χ1) is 11.8. The van der Waals surface area contributed by atoms with E-state index in [-0.39, 0.29) is 10.5 Å². The fourth-order valence-corrected chi connectivity index (χ4v) is 2.99. The number of sulfonamides is 1. The molecule has 9 heteroatoms. The molecule has 0 aromatic heterocycles. The van der Waals surface area contributed by atoms with Crippen LogP contribution in [0.4, 0.5) is 0 Å². The van der Waals surface area contributed by atoms with Crippen LogP contribution in [0.2, 0.25) is 0 Å². The van der Waals surface area contributed by atoms with E-state index in [1.807, 2.05) is 6.92 Å². The SMILES string of the molecule is CCCNS(=O)(=O)c1cccc(C(=O)O[C@H](C)C(=O)NCCOC)c1. The summed E-state index contributed by atoms with van der Waals surface area (Å²) in [6.07, 6.45) is -0.362. The standard InChI is InChI=1S/C16H24N2O6S/c1-4-8-18-25(21,22)14-7-5-6-13(11-14)16(20)24-12(2)15(19)17-9-10-23-3/h5-7,11-12,18H,4,8-10H2,1-3H3,(H,17,19)/t12-/m1/s1. The molecule has 0 saturated heterocycles. The van der Waals surface area contributed by atoms with Gasteiger partial charge in [-0.1, -0.05) is 13.0 Å². The number of nitrogens with one attached hydrogen (secondary N) is 2. The van der Waals surface area contributed by atoms with Crippen molar-refractivity contribution in [3.8, 4) is 0 Å². The lowest BCUT2D eigenvalue weighted by Crippen LogP contribution is -2.37. The highest BCUT2D eigenvalue weighted by atomic mass is 32.2. The van der Waals surface area contributed by atoms with E-state index < -0.39 is 28.0 Å². The number of methoxy groups -OCH3 is 1. The predicted molar refractivity (Wildman–Crippen MR) is 91.7 cm³/mol. The fourth-order valence-electron chi connectivity index (χ4n) is 1.81. The third-order valence-electron chi connectivity index (χ3n) is 3.18. The molecule has 1 atom stereocenters. The van der Waals surface area contributed by atoms with E-state index >= 15 is 0 Å². The van der Waals surface area contributed by atoms with E-state index in [0.29, 0.717) is 26.1 Å². The van der Waals surface area contributed by atoms with E-state index in [9.17, 15) is 18.0 Å². The first kappa shape index (κ1) is 21.1. The first-order valence-corrected chi connectivity index (χ1v) is 9.37. The van der Waals surface area contributed by atoms with Crippen LogP contribution in [0, 0.1) is 0 Å². The van der Waals surface area contributed by atoms with Gasteiger partial charge in [0.2, 0.25) is 10.0 Å². The Kier molecular flexibility index (Phi) is 8.53. The predicted octanol–water partition coefficient (Wildman–Crippen LogP) is 0.683. The summed E-state index contributed by atoms with van der Waals surface area (Å²) in [6.45, 7) is 4.22. The van der Waals surface area contributed by atoms with Gasteiger partial charge in [-0.2, -0.15) is 0 Å². The van der Waals surface area contributed by atoms with Crippen LogP contribution >= 0.6 is 0 Å². The molecule has 25 heavy (non-hydrogen) atoms. The third-order valence-corrected chi connectivity index (χ3v) is 4.64. The van der Waals surface area contributed by atoms with Crippen molar-refractivity contribution < 1.29 is 27.5 Å². The first-order valence-electron chi connectivity index (χ1n) is 7.89. The van der Waals surface area contributed by atoms with Gasteiger partial charge in [0.05, 0.1) is 17.1 Å². The summed E-state index contributed by atoms with van der Waals surface area (Å²) < 4.78 is 36.5. The molecule has 0 spiro atoms. The molecule has 0 bridgehead atoms. The molecule has 1 aromatic carbocycles. The minimum absolute atomic E-state index is 0.0346. The molecule has 140 valence electrons. The van der Waals surface area contributed by atoms with Crippen molar-refractivity contribution in [2.45, 2.75) is 31.3 Å². The number of hydrogen-bond donors (Lipinski definition) is 2. The highest BCUT2D eigenvalue weighted by molar-refractivity contribution is 7.89. The van der Waals surface area contributed by atoms with E-state index in [1.54, 1.807) is 0 Å². The van der Waals surface area contributed by atoms with Gasteiger partial charge in [0.25, 0.3) is 5.91 Å². The Balaban J connectivity index is 2.76. The van der Waals surface area contributed by atoms with E-state index in [0.717, 1.165) is 0 Å². The lowest BCUT2D eigenvalue weighted by molar-refractivity contribution is -0.129. The van der Waals surface area contributed by atoms with Crippen molar-refractivity contribution in [1.29, 1.82) is 0 Å². The van der Waals surface area contributed by atoms with Crippen molar-refractivity contribution >= 4 is 21.9 Å². The molecule has 1 aromatic rings. The van der Waals surface area contributed by atoms with Crippen LogP contribution in [-0.4, -0.2) is 53.2 Å². The Morgan fingerprint density at radius 2 is 1.96 bits per heavy atom. The lowest BCUT2D eigenvalue weighted by atomic mass is 10.2. The largest absolute Gasteiger partial charge is 0.449 e. The second kappa shape index (κ2) is 10.1. The topological polar surface area (TPSA) is 111 Å². The molecule has 0 radical (unpaired) electrons. The number of benzene rings is 1. The Labute approximate surface area is 147 Å². The van der Waals surface area contributed by atoms with E-state index in [4.69, 9.17) is 9.47 Å². The monoisotopic (exact) mass is 372 g/mol. The maximum Gasteiger partial charge on any atom is 0.338 e. The molecule has 0 fully saturated rings. The molecule has 0 unspecified atom stereocenters. The molecule has 0 aliphatic rings. The molecular formula is C16H24N2O6S. The molecule has 1 rings (SSSR count). The van der Waals surface area contributed by atoms with Crippen molar-refractivity contribution in [2.24, 2.45) is 0 Å². The van der Waals surface area contributed by atoms with Crippen LogP contribution in [0.25, 0.3) is 0 Å². The smallest absolute Gasteiger partial charge is 0.338 e. The summed E-state index contributed by atoms with van der Waals surface area (Å²) in [5.41, 5.74) is 0.0518. The summed E-state index contributed by atoms with van der Waals surface area (Å²) in [4.78, 5) is 23.9. The highest BCUT2D eigenvalue weighted by Gasteiger charge is 2.20. The molecule has 2 N–H and O–H groups in total. The van der Waals surface area contributed by atoms with E-state index in [2.05, 4.69) is 10.0 Å². The van der Waals surface area contributed by atoms with Gasteiger partial charge in [-0.15, -0.1) is 0 Å². The summed E-state index contributed by atoms with van der Waals surface area (Å²) in [5, 5.41) is 2.55. The van der Waals surface area contributed by atoms with Crippen LogP contribution in [0.5, 0.6) is 0 Å². The Bertz CT molecular complexity index is 690. The van der Waals surface area contributed by atoms with Crippen LogP contribution in [0.3, 0.4) is 0 Å². The summed E-state index contributed by atoms with van der Waals surface area (Å²) in [7, 11) is -2.18. The van der Waals surface area contributed by atoms with Gasteiger partial charge in [0.15, 0.2) is 6.10 Å². The second-order valence-electron chi connectivity index (χ2n) is 5.26. The van der Waals surface area contributed by atoms with Gasteiger partial charge < -0.3 is 14.8 Å². The van der Waals surface area contributed by atoms with Crippen LogP contribution in [-0.2, 0) is 24.3 Å². The van der Waals surface area contributed by atoms with E-state index in [1.165, 1.54) is 38.3 Å². The Hall–Kier alpha value is -1.97. The third kappa shape index (κ3) is 6.81. The summed E-state index contributed by atoms with van der Waals surface area (Å²) >= 11 is 0. The number of ether oxygens (including phenoxy) is 2. The van der Waals surface area contributed by atoms with Crippen molar-refractivity contribution in [3.05, 3.63) is 29.8 Å². The minimum atomic E-state index is -3.69. The highest BCUT2D eigenvalue weighted by Crippen LogP contribution is 2.13. The van der Waals surface area contributed by atoms with Crippen LogP contribution in [0.15, 0.2) is 29.2 Å². The maximum atomic E-state index is 12.1. The van der Waals surface area contributed by atoms with Crippen molar-refractivity contribution in [2.75, 3.05) is 26.8 Å². The molecule has 0 aliphatic heterocycles. The number of esters is 1. The normalized spacial score (nSPS) is 12.4. The fraction of sp³-hybridized carbons (Fsp3) is 0.500. The van der Waals surface area contributed by atoms with Gasteiger partial charge in [0, 0.05) is 20.2 Å². The van der Waals surface area contributed by atoms with Crippen LogP contribution in [0.1, 0.15) is 30.6 Å². The molecular weight excluding hydrogens is 348 g/mol. The molecule has 0 aliphatic carbocycles. The van der Waals surface area contributed by atoms with Gasteiger partial charge in [-0.3, -0.25) is 4.79 Å². The van der Waals surface area contributed by atoms with Gasteiger partial charge >= 0.3 is 5.97 Å². The average Bonchev–Trinajstić information content (AvgIpc) is 2.60. The lowest BCUT2D eigenvalue weighted by Gasteiger charge is -2.14. The van der Waals surface area contributed by atoms with Gasteiger partial charge in [0.1, 0.15) is 0 Å². The quantitative estimate of drug-likeness (QED) is 0.462. The number of carbonyl (C=O) groups excluding carboxylic acids is 2. The number of rotatable bonds is 10. The average molecular weight is 372 g/mol. The molecule has 8 nitrogen and oxygen atoms in total. The number of carbonyl (C=O) groups is 2. The second-order valence-corrected chi connectivity index (χ2v) is 7.02. The maximum absolute atomic E-state index is 12.1. The van der Waals surface area contributed by atoms with Crippen molar-refractivity contribution in [1.82, 2.24) is 10.0 Å². The number of hydrogen-bond acceptors (Lipinski definition) is 6. The minimum Gasteiger partial charge on any atom is -0.449 e. The number of amides is 1. The Morgan fingerprint density at radius 3 is 2.60 bits per heavy atom. The van der Waals surface area contributed by atoms with Crippen LogP contribution < -0.4 is 10.0 Å². The Morgan fingerprint density at radius 1 is 1.24 bits per heavy atom.